The Balaban J connectivity index is 1.10. The van der Waals surface area contributed by atoms with Gasteiger partial charge in [0.15, 0.2) is 0 Å². The van der Waals surface area contributed by atoms with Crippen LogP contribution in [0.25, 0.3) is 0 Å². The van der Waals surface area contributed by atoms with Gasteiger partial charge in [0.2, 0.25) is 22.1 Å². The molecule has 4 rings (SSSR count). The van der Waals surface area contributed by atoms with Gasteiger partial charge in [-0.15, -0.1) is 10.2 Å². The van der Waals surface area contributed by atoms with Crippen LogP contribution < -0.4 is 10.2 Å². The van der Waals surface area contributed by atoms with E-state index in [2.05, 4.69) is 20.4 Å². The van der Waals surface area contributed by atoms with E-state index in [0.29, 0.717) is 68.6 Å². The van der Waals surface area contributed by atoms with Crippen LogP contribution in [-0.2, 0) is 11.0 Å². The first-order valence-electron chi connectivity index (χ1n) is 12.1. The molecular formula is C22H30F3N7O3S. The Kier molecular flexibility index (Phi) is 8.44. The summed E-state index contributed by atoms with van der Waals surface area (Å²) in [6, 6.07) is -0.408. The van der Waals surface area contributed by atoms with E-state index in [9.17, 15) is 28.1 Å². The van der Waals surface area contributed by atoms with E-state index in [1.807, 2.05) is 15.9 Å². The van der Waals surface area contributed by atoms with Gasteiger partial charge in [0.05, 0.1) is 0 Å². The second-order valence-corrected chi connectivity index (χ2v) is 10.2. The van der Waals surface area contributed by atoms with E-state index in [1.54, 1.807) is 12.2 Å². The first kappa shape index (κ1) is 26.3. The van der Waals surface area contributed by atoms with Crippen molar-refractivity contribution in [3.63, 3.8) is 0 Å². The fraction of sp³-hybridized carbons (Fsp3) is 0.682. The molecule has 198 valence electrons. The summed E-state index contributed by atoms with van der Waals surface area (Å²) in [6.45, 7) is 4.72. The molecule has 1 atom stereocenters. The van der Waals surface area contributed by atoms with Gasteiger partial charge in [0.1, 0.15) is 0 Å². The van der Waals surface area contributed by atoms with E-state index in [4.69, 9.17) is 0 Å². The monoisotopic (exact) mass is 529 g/mol. The normalized spacial score (nSPS) is 22.0. The summed E-state index contributed by atoms with van der Waals surface area (Å²) in [5.74, 6) is 0.145. The molecule has 1 aromatic rings. The third kappa shape index (κ3) is 6.93. The van der Waals surface area contributed by atoms with E-state index in [-0.39, 0.29) is 16.9 Å². The van der Waals surface area contributed by atoms with E-state index in [0.717, 1.165) is 31.5 Å². The molecule has 3 heterocycles. The highest BCUT2D eigenvalue weighted by Crippen LogP contribution is 2.34. The number of nitro groups is 1. The molecule has 1 amide bonds. The van der Waals surface area contributed by atoms with Gasteiger partial charge in [-0.3, -0.25) is 19.8 Å². The number of alkyl halides is 3. The second kappa shape index (κ2) is 11.5. The second-order valence-electron chi connectivity index (χ2n) is 9.23. The molecule has 0 spiro atoms. The predicted molar refractivity (Wildman–Crippen MR) is 128 cm³/mol. The highest BCUT2D eigenvalue weighted by molar-refractivity contribution is 7.15. The quantitative estimate of drug-likeness (QED) is 0.405. The van der Waals surface area contributed by atoms with Crippen LogP contribution in [0.4, 0.5) is 18.3 Å². The van der Waals surface area contributed by atoms with Crippen LogP contribution in [0, 0.1) is 10.1 Å². The number of hydrogen-bond donors (Lipinski definition) is 1. The molecule has 1 N–H and O–H groups in total. The number of anilines is 1. The largest absolute Gasteiger partial charge is 0.445 e. The molecule has 1 aliphatic carbocycles. The number of nitrogens with zero attached hydrogens (tertiary/aromatic N) is 6. The minimum Gasteiger partial charge on any atom is -0.382 e. The molecule has 0 saturated carbocycles. The molecule has 3 aliphatic rings. The average molecular weight is 530 g/mol. The minimum absolute atomic E-state index is 0.145. The van der Waals surface area contributed by atoms with E-state index in [1.165, 1.54) is 0 Å². The van der Waals surface area contributed by atoms with Gasteiger partial charge in [0, 0.05) is 68.8 Å². The Labute approximate surface area is 211 Å². The number of piperazine rings is 1. The molecule has 0 radical (unpaired) electrons. The van der Waals surface area contributed by atoms with Gasteiger partial charge in [-0.05, 0) is 38.0 Å². The summed E-state index contributed by atoms with van der Waals surface area (Å²) in [7, 11) is 0. The molecule has 36 heavy (non-hydrogen) atoms. The lowest BCUT2D eigenvalue weighted by Crippen LogP contribution is -2.47. The van der Waals surface area contributed by atoms with E-state index >= 15 is 0 Å². The number of rotatable bonds is 8. The first-order chi connectivity index (χ1) is 17.2. The molecule has 10 nitrogen and oxygen atoms in total. The zero-order valence-corrected chi connectivity index (χ0v) is 20.6. The maximum absolute atomic E-state index is 12.7. The zero-order valence-electron chi connectivity index (χ0n) is 19.8. The zero-order chi connectivity index (χ0) is 25.7. The number of carbonyl (C=O) groups excluding carboxylic acids is 1. The van der Waals surface area contributed by atoms with Crippen molar-refractivity contribution >= 4 is 22.4 Å². The highest BCUT2D eigenvalue weighted by atomic mass is 32.1. The van der Waals surface area contributed by atoms with Gasteiger partial charge in [0.25, 0.3) is 0 Å². The standard InChI is InChI=1S/C22H30F3N7O3S/c23-22(24,25)20-27-28-21(36-20)31-14-12-29(13-15-31)9-1-2-19(33)30-10-7-17(8-11-30)26-16-3-5-18(6-4-16)32(34)35/h3-5,17-18,26H,1-2,6-15H2. The van der Waals surface area contributed by atoms with Crippen LogP contribution in [0.5, 0.6) is 0 Å². The lowest BCUT2D eigenvalue weighted by atomic mass is 10.0. The first-order valence-corrected chi connectivity index (χ1v) is 12.9. The van der Waals surface area contributed by atoms with Gasteiger partial charge in [-0.25, -0.2) is 0 Å². The topological polar surface area (TPSA) is 108 Å². The fourth-order valence-electron chi connectivity index (χ4n) is 4.61. The molecular weight excluding hydrogens is 499 g/mol. The lowest BCUT2D eigenvalue weighted by molar-refractivity contribution is -0.508. The average Bonchev–Trinajstić information content (AvgIpc) is 3.36. The summed E-state index contributed by atoms with van der Waals surface area (Å²) in [4.78, 5) is 29.1. The summed E-state index contributed by atoms with van der Waals surface area (Å²) >= 11 is 0.571. The van der Waals surface area contributed by atoms with Crippen LogP contribution >= 0.6 is 11.3 Å². The number of likely N-dealkylation sites (tertiary alicyclic amines) is 1. The van der Waals surface area contributed by atoms with Crippen molar-refractivity contribution in [3.8, 4) is 0 Å². The van der Waals surface area contributed by atoms with Gasteiger partial charge >= 0.3 is 6.18 Å². The van der Waals surface area contributed by atoms with Crippen LogP contribution in [0.2, 0.25) is 0 Å². The van der Waals surface area contributed by atoms with Crippen LogP contribution in [0.3, 0.4) is 0 Å². The molecule has 2 saturated heterocycles. The number of aromatic nitrogens is 2. The number of piperidine rings is 1. The maximum atomic E-state index is 12.7. The molecule has 2 fully saturated rings. The smallest absolute Gasteiger partial charge is 0.382 e. The van der Waals surface area contributed by atoms with Gasteiger partial charge < -0.3 is 15.1 Å². The fourth-order valence-corrected chi connectivity index (χ4v) is 5.38. The Morgan fingerprint density at radius 3 is 2.47 bits per heavy atom. The summed E-state index contributed by atoms with van der Waals surface area (Å²) < 4.78 is 38.2. The minimum atomic E-state index is -4.47. The Bertz CT molecular complexity index is 984. The van der Waals surface area contributed by atoms with Crippen molar-refractivity contribution in [3.05, 3.63) is 39.0 Å². The molecule has 0 aromatic carbocycles. The number of nitrogens with one attached hydrogen (secondary N) is 1. The highest BCUT2D eigenvalue weighted by Gasteiger charge is 2.36. The summed E-state index contributed by atoms with van der Waals surface area (Å²) in [6.07, 6.45) is 4.04. The van der Waals surface area contributed by atoms with Crippen LogP contribution in [0.1, 0.15) is 37.1 Å². The SMILES string of the molecule is O=C(CCCN1CCN(c2nnc(C(F)(F)F)s2)CC1)N1CCC(NC2=CCC([N+](=O)[O-])C=C2)CC1. The van der Waals surface area contributed by atoms with Crippen LogP contribution in [0.15, 0.2) is 23.9 Å². The van der Waals surface area contributed by atoms with Crippen LogP contribution in [-0.4, -0.2) is 88.7 Å². The third-order valence-electron chi connectivity index (χ3n) is 6.73. The number of carbonyl (C=O) groups is 1. The van der Waals surface area contributed by atoms with Crippen molar-refractivity contribution in [1.29, 1.82) is 0 Å². The Morgan fingerprint density at radius 2 is 1.89 bits per heavy atom. The van der Waals surface area contributed by atoms with Gasteiger partial charge in [-0.2, -0.15) is 13.2 Å². The van der Waals surface area contributed by atoms with E-state index < -0.39 is 17.2 Å². The molecule has 1 unspecified atom stereocenters. The Morgan fingerprint density at radius 1 is 1.17 bits per heavy atom. The van der Waals surface area contributed by atoms with Crippen molar-refractivity contribution in [2.75, 3.05) is 50.7 Å². The Hall–Kier alpha value is -2.74. The van der Waals surface area contributed by atoms with Crippen molar-refractivity contribution in [1.82, 2.24) is 25.3 Å². The third-order valence-corrected chi connectivity index (χ3v) is 7.76. The number of hydrogen-bond acceptors (Lipinski definition) is 9. The van der Waals surface area contributed by atoms with Crippen molar-refractivity contribution in [2.24, 2.45) is 0 Å². The number of allylic oxidation sites excluding steroid dienone is 1. The van der Waals surface area contributed by atoms with Crippen molar-refractivity contribution < 1.29 is 22.9 Å². The molecule has 1 aromatic heterocycles. The molecule has 2 aliphatic heterocycles. The lowest BCUT2D eigenvalue weighted by Gasteiger charge is -2.35. The summed E-state index contributed by atoms with van der Waals surface area (Å²) in [5.41, 5.74) is 0.907. The predicted octanol–water partition coefficient (Wildman–Crippen LogP) is 2.53. The summed E-state index contributed by atoms with van der Waals surface area (Å²) in [5, 5.41) is 20.6. The van der Waals surface area contributed by atoms with Crippen molar-refractivity contribution in [2.45, 2.75) is 50.4 Å². The number of amides is 1. The molecule has 14 heteroatoms. The number of halogens is 3. The molecule has 0 bridgehead atoms. The maximum Gasteiger partial charge on any atom is 0.445 e. The van der Waals surface area contributed by atoms with Gasteiger partial charge in [-0.1, -0.05) is 17.4 Å².